The predicted molar refractivity (Wildman–Crippen MR) is 70.2 cm³/mol. The summed E-state index contributed by atoms with van der Waals surface area (Å²) in [6, 6.07) is 8.22. The maximum Gasteiger partial charge on any atom is 0.260 e. The van der Waals surface area contributed by atoms with Crippen molar-refractivity contribution >= 4 is 17.2 Å². The Morgan fingerprint density at radius 2 is 2.00 bits per heavy atom. The molecule has 1 aromatic heterocycles. The van der Waals surface area contributed by atoms with Crippen LogP contribution in [0.5, 0.6) is 0 Å². The molecular formula is C13H14N2OS. The van der Waals surface area contributed by atoms with Gasteiger partial charge in [0.1, 0.15) is 9.88 Å². The molecule has 0 bridgehead atoms. The van der Waals surface area contributed by atoms with Crippen molar-refractivity contribution in [3.63, 3.8) is 0 Å². The molecule has 3 nitrogen and oxygen atoms in total. The van der Waals surface area contributed by atoms with Crippen molar-refractivity contribution in [2.24, 2.45) is 5.73 Å². The van der Waals surface area contributed by atoms with Gasteiger partial charge in [-0.1, -0.05) is 31.2 Å². The molecule has 0 atom stereocenters. The number of hydrogen-bond acceptors (Lipinski definition) is 3. The van der Waals surface area contributed by atoms with E-state index in [1.54, 1.807) is 6.92 Å². The Labute approximate surface area is 104 Å². The van der Waals surface area contributed by atoms with Crippen molar-refractivity contribution in [3.05, 3.63) is 40.4 Å². The van der Waals surface area contributed by atoms with Crippen LogP contribution in [-0.2, 0) is 6.42 Å². The van der Waals surface area contributed by atoms with Gasteiger partial charge in [-0.25, -0.2) is 4.98 Å². The Morgan fingerprint density at radius 1 is 1.35 bits per heavy atom. The van der Waals surface area contributed by atoms with Crippen molar-refractivity contribution in [2.75, 3.05) is 0 Å². The molecule has 2 rings (SSSR count). The van der Waals surface area contributed by atoms with Crippen molar-refractivity contribution in [2.45, 2.75) is 20.3 Å². The molecule has 0 fully saturated rings. The summed E-state index contributed by atoms with van der Waals surface area (Å²) in [5.74, 6) is -0.406. The zero-order valence-electron chi connectivity index (χ0n) is 9.86. The lowest BCUT2D eigenvalue weighted by Crippen LogP contribution is -2.09. The van der Waals surface area contributed by atoms with E-state index in [0.29, 0.717) is 10.6 Å². The fourth-order valence-electron chi connectivity index (χ4n) is 1.63. The summed E-state index contributed by atoms with van der Waals surface area (Å²) in [7, 11) is 0. The van der Waals surface area contributed by atoms with E-state index < -0.39 is 5.91 Å². The first kappa shape index (κ1) is 11.8. The third-order valence-electron chi connectivity index (χ3n) is 2.63. The topological polar surface area (TPSA) is 56.0 Å². The van der Waals surface area contributed by atoms with Crippen LogP contribution in [0.4, 0.5) is 0 Å². The van der Waals surface area contributed by atoms with Crippen LogP contribution in [0.2, 0.25) is 0 Å². The first-order chi connectivity index (χ1) is 8.11. The zero-order valence-corrected chi connectivity index (χ0v) is 10.7. The van der Waals surface area contributed by atoms with E-state index in [1.807, 2.05) is 12.1 Å². The van der Waals surface area contributed by atoms with Crippen LogP contribution < -0.4 is 5.73 Å². The molecule has 0 aliphatic heterocycles. The lowest BCUT2D eigenvalue weighted by Gasteiger charge is -1.98. The quantitative estimate of drug-likeness (QED) is 0.905. The number of amides is 1. The van der Waals surface area contributed by atoms with E-state index in [4.69, 9.17) is 5.73 Å². The van der Waals surface area contributed by atoms with Crippen molar-refractivity contribution < 1.29 is 4.79 Å². The second-order valence-electron chi connectivity index (χ2n) is 3.85. The summed E-state index contributed by atoms with van der Waals surface area (Å²) in [5, 5.41) is 0.846. The van der Waals surface area contributed by atoms with E-state index in [9.17, 15) is 4.79 Å². The minimum Gasteiger partial charge on any atom is -0.365 e. The molecule has 1 heterocycles. The van der Waals surface area contributed by atoms with Crippen LogP contribution in [-0.4, -0.2) is 10.9 Å². The highest BCUT2D eigenvalue weighted by molar-refractivity contribution is 7.17. The van der Waals surface area contributed by atoms with Crippen molar-refractivity contribution in [3.8, 4) is 10.6 Å². The molecule has 2 N–H and O–H groups in total. The molecule has 4 heteroatoms. The normalized spacial score (nSPS) is 10.5. The maximum atomic E-state index is 11.2. The SMILES string of the molecule is CCc1ccc(-c2nc(C)c(C(N)=O)s2)cc1. The lowest BCUT2D eigenvalue weighted by molar-refractivity contribution is 0.100. The Hall–Kier alpha value is -1.68. The van der Waals surface area contributed by atoms with Gasteiger partial charge in [0.15, 0.2) is 0 Å². The first-order valence-corrected chi connectivity index (χ1v) is 6.30. The van der Waals surface area contributed by atoms with E-state index in [2.05, 4.69) is 24.0 Å². The van der Waals surface area contributed by atoms with E-state index in [1.165, 1.54) is 16.9 Å². The van der Waals surface area contributed by atoms with Crippen molar-refractivity contribution in [1.29, 1.82) is 0 Å². The zero-order chi connectivity index (χ0) is 12.4. The molecule has 17 heavy (non-hydrogen) atoms. The molecule has 0 spiro atoms. The van der Waals surface area contributed by atoms with Crippen LogP contribution in [0.15, 0.2) is 24.3 Å². The molecule has 0 unspecified atom stereocenters. The Bertz CT molecular complexity index is 543. The second kappa shape index (κ2) is 4.67. The van der Waals surface area contributed by atoms with Crippen LogP contribution >= 0.6 is 11.3 Å². The van der Waals surface area contributed by atoms with Crippen molar-refractivity contribution in [1.82, 2.24) is 4.98 Å². The molecule has 1 aromatic carbocycles. The lowest BCUT2D eigenvalue weighted by atomic mass is 10.1. The van der Waals surface area contributed by atoms with E-state index >= 15 is 0 Å². The Morgan fingerprint density at radius 3 is 2.47 bits per heavy atom. The third kappa shape index (κ3) is 2.36. The second-order valence-corrected chi connectivity index (χ2v) is 4.85. The fourth-order valence-corrected chi connectivity index (χ4v) is 2.56. The number of carbonyl (C=O) groups excluding carboxylic acids is 1. The van der Waals surface area contributed by atoms with Crippen LogP contribution in [0.25, 0.3) is 10.6 Å². The average molecular weight is 246 g/mol. The minimum atomic E-state index is -0.406. The van der Waals surface area contributed by atoms with Gasteiger partial charge in [0.25, 0.3) is 5.91 Å². The maximum absolute atomic E-state index is 11.2. The highest BCUT2D eigenvalue weighted by atomic mass is 32.1. The smallest absolute Gasteiger partial charge is 0.260 e. The Kier molecular flexibility index (Phi) is 3.24. The standard InChI is InChI=1S/C13H14N2OS/c1-3-9-4-6-10(7-5-9)13-15-8(2)11(17-13)12(14)16/h4-7H,3H2,1-2H3,(H2,14,16). The van der Waals surface area contributed by atoms with Crippen LogP contribution in [0.3, 0.4) is 0 Å². The summed E-state index contributed by atoms with van der Waals surface area (Å²) in [4.78, 5) is 16.1. The summed E-state index contributed by atoms with van der Waals surface area (Å²) >= 11 is 1.35. The fraction of sp³-hybridized carbons (Fsp3) is 0.231. The highest BCUT2D eigenvalue weighted by Crippen LogP contribution is 2.27. The molecule has 1 amide bonds. The highest BCUT2D eigenvalue weighted by Gasteiger charge is 2.13. The summed E-state index contributed by atoms with van der Waals surface area (Å²) in [6.07, 6.45) is 1.02. The van der Waals surface area contributed by atoms with Gasteiger partial charge in [0, 0.05) is 5.56 Å². The number of carbonyl (C=O) groups is 1. The number of nitrogens with two attached hydrogens (primary N) is 1. The van der Waals surface area contributed by atoms with Gasteiger partial charge in [0.2, 0.25) is 0 Å². The Balaban J connectivity index is 2.39. The molecule has 2 aromatic rings. The van der Waals surface area contributed by atoms with Crippen LogP contribution in [0.1, 0.15) is 27.9 Å². The average Bonchev–Trinajstić information content (AvgIpc) is 2.71. The molecule has 0 radical (unpaired) electrons. The summed E-state index contributed by atoms with van der Waals surface area (Å²) < 4.78 is 0. The molecule has 0 aliphatic carbocycles. The number of nitrogens with zero attached hydrogens (tertiary/aromatic N) is 1. The number of aromatic nitrogens is 1. The first-order valence-electron chi connectivity index (χ1n) is 5.48. The van der Waals surface area contributed by atoms with E-state index in [-0.39, 0.29) is 0 Å². The van der Waals surface area contributed by atoms with Gasteiger partial charge in [-0.3, -0.25) is 4.79 Å². The molecule has 0 saturated carbocycles. The number of rotatable bonds is 3. The summed E-state index contributed by atoms with van der Waals surface area (Å²) in [5.41, 5.74) is 8.31. The molecule has 88 valence electrons. The number of hydrogen-bond donors (Lipinski definition) is 1. The van der Waals surface area contributed by atoms with Gasteiger partial charge in [-0.05, 0) is 18.9 Å². The monoisotopic (exact) mass is 246 g/mol. The third-order valence-corrected chi connectivity index (χ3v) is 3.85. The molecule has 0 saturated heterocycles. The minimum absolute atomic E-state index is 0.406. The van der Waals surface area contributed by atoms with Gasteiger partial charge >= 0.3 is 0 Å². The predicted octanol–water partition coefficient (Wildman–Crippen LogP) is 2.78. The number of primary amides is 1. The van der Waals surface area contributed by atoms with Crippen LogP contribution in [0, 0.1) is 6.92 Å². The van der Waals surface area contributed by atoms with Gasteiger partial charge in [0.05, 0.1) is 5.69 Å². The number of aryl methyl sites for hydroxylation is 2. The van der Waals surface area contributed by atoms with Gasteiger partial charge in [-0.15, -0.1) is 11.3 Å². The van der Waals surface area contributed by atoms with E-state index in [0.717, 1.165) is 17.0 Å². The van der Waals surface area contributed by atoms with Gasteiger partial charge < -0.3 is 5.73 Å². The molecule has 0 aliphatic rings. The summed E-state index contributed by atoms with van der Waals surface area (Å²) in [6.45, 7) is 3.92. The largest absolute Gasteiger partial charge is 0.365 e. The molecular weight excluding hydrogens is 232 g/mol. The van der Waals surface area contributed by atoms with Gasteiger partial charge in [-0.2, -0.15) is 0 Å². The number of benzene rings is 1. The number of thiazole rings is 1.